The molecule has 1 atom stereocenters. The number of hydrogen-bond donors (Lipinski definition) is 2. The van der Waals surface area contributed by atoms with Gasteiger partial charge in [-0.15, -0.1) is 11.6 Å². The molecule has 0 radical (unpaired) electrons. The molecule has 0 rings (SSSR count). The Bertz CT molecular complexity index is 202. The number of halogens is 1. The van der Waals surface area contributed by atoms with Crippen molar-refractivity contribution in [2.45, 2.75) is 52.6 Å². The summed E-state index contributed by atoms with van der Waals surface area (Å²) in [5.74, 6) is 0.595. The molecule has 0 aromatic heterocycles. The molecule has 16 heavy (non-hydrogen) atoms. The first kappa shape index (κ1) is 15.7. The Kier molecular flexibility index (Phi) is 7.77. The largest absolute Gasteiger partial charge is 0.391 e. The SMILES string of the molecule is CC(C)(C)CC(O)CNC(=O)CCCCCl. The van der Waals surface area contributed by atoms with Gasteiger partial charge >= 0.3 is 0 Å². The average molecular weight is 250 g/mol. The van der Waals surface area contributed by atoms with E-state index in [2.05, 4.69) is 26.1 Å². The van der Waals surface area contributed by atoms with Gasteiger partial charge in [-0.1, -0.05) is 20.8 Å². The summed E-state index contributed by atoms with van der Waals surface area (Å²) in [5, 5.41) is 12.4. The molecule has 0 spiro atoms. The van der Waals surface area contributed by atoms with E-state index in [1.165, 1.54) is 0 Å². The van der Waals surface area contributed by atoms with E-state index in [0.717, 1.165) is 12.8 Å². The fraction of sp³-hybridized carbons (Fsp3) is 0.917. The van der Waals surface area contributed by atoms with E-state index in [1.807, 2.05) is 0 Å². The van der Waals surface area contributed by atoms with Crippen LogP contribution in [0.3, 0.4) is 0 Å². The van der Waals surface area contributed by atoms with E-state index in [0.29, 0.717) is 25.3 Å². The van der Waals surface area contributed by atoms with Crippen molar-refractivity contribution in [2.75, 3.05) is 12.4 Å². The lowest BCUT2D eigenvalue weighted by molar-refractivity contribution is -0.121. The maximum atomic E-state index is 11.3. The Morgan fingerprint density at radius 1 is 1.38 bits per heavy atom. The normalized spacial score (nSPS) is 13.6. The number of unbranched alkanes of at least 4 members (excludes halogenated alkanes) is 1. The summed E-state index contributed by atoms with van der Waals surface area (Å²) in [6.07, 6.45) is 2.39. The second kappa shape index (κ2) is 7.91. The number of aliphatic hydroxyl groups is 1. The number of nitrogens with one attached hydrogen (secondary N) is 1. The number of rotatable bonds is 7. The van der Waals surface area contributed by atoms with Gasteiger partial charge in [0.2, 0.25) is 5.91 Å². The minimum Gasteiger partial charge on any atom is -0.391 e. The summed E-state index contributed by atoms with van der Waals surface area (Å²) in [6, 6.07) is 0. The number of carbonyl (C=O) groups excluding carboxylic acids is 1. The number of carbonyl (C=O) groups is 1. The molecular formula is C12H24ClNO2. The lowest BCUT2D eigenvalue weighted by atomic mass is 9.89. The summed E-state index contributed by atoms with van der Waals surface area (Å²) in [6.45, 7) is 6.55. The summed E-state index contributed by atoms with van der Waals surface area (Å²) in [5.41, 5.74) is 0.0861. The van der Waals surface area contributed by atoms with Crippen LogP contribution in [0.2, 0.25) is 0 Å². The predicted octanol–water partition coefficient (Wildman–Crippen LogP) is 2.31. The maximum absolute atomic E-state index is 11.3. The number of aliphatic hydroxyl groups excluding tert-OH is 1. The molecule has 4 heteroatoms. The standard InChI is InChI=1S/C12H24ClNO2/c1-12(2,3)8-10(15)9-14-11(16)6-4-5-7-13/h10,15H,4-9H2,1-3H3,(H,14,16). The van der Waals surface area contributed by atoms with Gasteiger partial charge in [-0.05, 0) is 24.7 Å². The van der Waals surface area contributed by atoms with Crippen molar-refractivity contribution < 1.29 is 9.90 Å². The van der Waals surface area contributed by atoms with Gasteiger partial charge in [0.05, 0.1) is 6.10 Å². The van der Waals surface area contributed by atoms with Crippen LogP contribution in [-0.4, -0.2) is 29.5 Å². The lowest BCUT2D eigenvalue weighted by Crippen LogP contribution is -2.34. The molecule has 1 unspecified atom stereocenters. The van der Waals surface area contributed by atoms with Crippen molar-refractivity contribution in [3.8, 4) is 0 Å². The number of hydrogen-bond acceptors (Lipinski definition) is 2. The molecule has 0 aliphatic heterocycles. The Balaban J connectivity index is 3.59. The molecule has 0 aliphatic carbocycles. The average Bonchev–Trinajstić information content (AvgIpc) is 2.12. The van der Waals surface area contributed by atoms with Crippen LogP contribution >= 0.6 is 11.6 Å². The minimum absolute atomic E-state index is 0.00178. The van der Waals surface area contributed by atoms with Crippen LogP contribution < -0.4 is 5.32 Å². The minimum atomic E-state index is -0.461. The second-order valence-electron chi connectivity index (χ2n) is 5.37. The highest BCUT2D eigenvalue weighted by atomic mass is 35.5. The molecule has 0 fully saturated rings. The first-order valence-corrected chi connectivity index (χ1v) is 6.39. The van der Waals surface area contributed by atoms with Gasteiger partial charge in [-0.25, -0.2) is 0 Å². The zero-order valence-electron chi connectivity index (χ0n) is 10.6. The van der Waals surface area contributed by atoms with Crippen molar-refractivity contribution >= 4 is 17.5 Å². The summed E-state index contributed by atoms with van der Waals surface area (Å²) in [4.78, 5) is 11.3. The Hall–Kier alpha value is -0.280. The molecule has 0 aliphatic rings. The molecule has 0 saturated heterocycles. The van der Waals surface area contributed by atoms with Gasteiger partial charge in [-0.2, -0.15) is 0 Å². The smallest absolute Gasteiger partial charge is 0.220 e. The van der Waals surface area contributed by atoms with Crippen molar-refractivity contribution in [3.05, 3.63) is 0 Å². The summed E-state index contributed by atoms with van der Waals surface area (Å²) in [7, 11) is 0. The first-order valence-electron chi connectivity index (χ1n) is 5.86. The van der Waals surface area contributed by atoms with Crippen LogP contribution in [0.15, 0.2) is 0 Å². The van der Waals surface area contributed by atoms with Crippen molar-refractivity contribution in [2.24, 2.45) is 5.41 Å². The van der Waals surface area contributed by atoms with Crippen LogP contribution in [0, 0.1) is 5.41 Å². The van der Waals surface area contributed by atoms with E-state index in [9.17, 15) is 9.90 Å². The van der Waals surface area contributed by atoms with E-state index >= 15 is 0 Å². The van der Waals surface area contributed by atoms with Gasteiger partial charge in [0, 0.05) is 18.8 Å². The molecule has 0 heterocycles. The van der Waals surface area contributed by atoms with E-state index < -0.39 is 6.10 Å². The molecule has 2 N–H and O–H groups in total. The van der Waals surface area contributed by atoms with Gasteiger partial charge in [0.15, 0.2) is 0 Å². The molecule has 0 saturated carbocycles. The highest BCUT2D eigenvalue weighted by molar-refractivity contribution is 6.17. The lowest BCUT2D eigenvalue weighted by Gasteiger charge is -2.22. The maximum Gasteiger partial charge on any atom is 0.220 e. The van der Waals surface area contributed by atoms with E-state index in [1.54, 1.807) is 0 Å². The Labute approximate surface area is 104 Å². The molecule has 3 nitrogen and oxygen atoms in total. The molecule has 1 amide bonds. The monoisotopic (exact) mass is 249 g/mol. The van der Waals surface area contributed by atoms with Crippen molar-refractivity contribution in [3.63, 3.8) is 0 Å². The fourth-order valence-electron chi connectivity index (χ4n) is 1.48. The fourth-order valence-corrected chi connectivity index (χ4v) is 1.67. The molecule has 0 aromatic carbocycles. The van der Waals surface area contributed by atoms with Crippen LogP contribution in [0.5, 0.6) is 0 Å². The van der Waals surface area contributed by atoms with Crippen LogP contribution in [-0.2, 0) is 4.79 Å². The van der Waals surface area contributed by atoms with Gasteiger partial charge in [-0.3, -0.25) is 4.79 Å². The third-order valence-electron chi connectivity index (χ3n) is 2.17. The highest BCUT2D eigenvalue weighted by Crippen LogP contribution is 2.20. The zero-order chi connectivity index (χ0) is 12.6. The van der Waals surface area contributed by atoms with Crippen molar-refractivity contribution in [1.82, 2.24) is 5.32 Å². The molecule has 0 aromatic rings. The molecule has 96 valence electrons. The third kappa shape index (κ3) is 10.2. The Morgan fingerprint density at radius 2 is 2.00 bits per heavy atom. The van der Waals surface area contributed by atoms with Gasteiger partial charge < -0.3 is 10.4 Å². The van der Waals surface area contributed by atoms with Crippen LogP contribution in [0.1, 0.15) is 46.5 Å². The van der Waals surface area contributed by atoms with Crippen LogP contribution in [0.25, 0.3) is 0 Å². The van der Waals surface area contributed by atoms with E-state index in [-0.39, 0.29) is 11.3 Å². The summed E-state index contributed by atoms with van der Waals surface area (Å²) >= 11 is 5.51. The predicted molar refractivity (Wildman–Crippen MR) is 67.7 cm³/mol. The molecular weight excluding hydrogens is 226 g/mol. The quantitative estimate of drug-likeness (QED) is 0.537. The van der Waals surface area contributed by atoms with Crippen molar-refractivity contribution in [1.29, 1.82) is 0 Å². The topological polar surface area (TPSA) is 49.3 Å². The van der Waals surface area contributed by atoms with Gasteiger partial charge in [0.25, 0.3) is 0 Å². The van der Waals surface area contributed by atoms with Crippen LogP contribution in [0.4, 0.5) is 0 Å². The third-order valence-corrected chi connectivity index (χ3v) is 2.44. The number of alkyl halides is 1. The first-order chi connectivity index (χ1) is 7.35. The van der Waals surface area contributed by atoms with Gasteiger partial charge in [0.1, 0.15) is 0 Å². The zero-order valence-corrected chi connectivity index (χ0v) is 11.3. The Morgan fingerprint density at radius 3 is 2.50 bits per heavy atom. The molecule has 0 bridgehead atoms. The van der Waals surface area contributed by atoms with E-state index in [4.69, 9.17) is 11.6 Å². The second-order valence-corrected chi connectivity index (χ2v) is 5.75. The highest BCUT2D eigenvalue weighted by Gasteiger charge is 2.16. The summed E-state index contributed by atoms with van der Waals surface area (Å²) < 4.78 is 0. The number of amides is 1.